The van der Waals surface area contributed by atoms with Crippen LogP contribution in [0.15, 0.2) is 42.5 Å². The average Bonchev–Trinajstić information content (AvgIpc) is 3.14. The molecular formula is C23H24N4O5. The number of nitrogens with one attached hydrogen (secondary N) is 2. The van der Waals surface area contributed by atoms with Gasteiger partial charge < -0.3 is 24.8 Å². The van der Waals surface area contributed by atoms with E-state index in [2.05, 4.69) is 15.7 Å². The average molecular weight is 436 g/mol. The molecule has 0 fully saturated rings. The molecule has 0 aliphatic carbocycles. The molecule has 32 heavy (non-hydrogen) atoms. The second-order valence-electron chi connectivity index (χ2n) is 7.32. The van der Waals surface area contributed by atoms with E-state index in [-0.39, 0.29) is 18.2 Å². The molecule has 0 saturated heterocycles. The summed E-state index contributed by atoms with van der Waals surface area (Å²) in [5.74, 6) is 1.68. The van der Waals surface area contributed by atoms with Crippen molar-refractivity contribution < 1.29 is 23.8 Å². The number of rotatable bonds is 6. The highest BCUT2D eigenvalue weighted by Crippen LogP contribution is 2.36. The van der Waals surface area contributed by atoms with Gasteiger partial charge in [-0.25, -0.2) is 4.68 Å². The van der Waals surface area contributed by atoms with Gasteiger partial charge in [0.15, 0.2) is 0 Å². The molecule has 9 nitrogen and oxygen atoms in total. The topological polar surface area (TPSA) is 104 Å². The first-order valence-corrected chi connectivity index (χ1v) is 10.0. The van der Waals surface area contributed by atoms with Gasteiger partial charge in [0.05, 0.1) is 39.1 Å². The van der Waals surface area contributed by atoms with E-state index in [1.807, 2.05) is 31.2 Å². The summed E-state index contributed by atoms with van der Waals surface area (Å²) in [6.07, 6.45) is -0.0273. The van der Waals surface area contributed by atoms with Crippen LogP contribution in [0.5, 0.6) is 17.2 Å². The van der Waals surface area contributed by atoms with Crippen LogP contribution in [0.4, 0.5) is 11.5 Å². The van der Waals surface area contributed by atoms with Crippen molar-refractivity contribution >= 4 is 23.3 Å². The van der Waals surface area contributed by atoms with Gasteiger partial charge in [0.1, 0.15) is 29.1 Å². The number of ether oxygens (including phenoxy) is 3. The van der Waals surface area contributed by atoms with Gasteiger partial charge in [-0.05, 0) is 43.3 Å². The number of amides is 2. The fourth-order valence-corrected chi connectivity index (χ4v) is 3.68. The van der Waals surface area contributed by atoms with Crippen LogP contribution in [0.1, 0.15) is 18.0 Å². The van der Waals surface area contributed by atoms with Crippen LogP contribution in [0, 0.1) is 6.92 Å². The van der Waals surface area contributed by atoms with Crippen LogP contribution in [0.25, 0.3) is 11.3 Å². The molecule has 3 aromatic rings. The number of hydrogen-bond donors (Lipinski definition) is 2. The molecule has 1 atom stereocenters. The maximum Gasteiger partial charge on any atom is 0.249 e. The van der Waals surface area contributed by atoms with Crippen LogP contribution in [-0.2, 0) is 9.59 Å². The van der Waals surface area contributed by atoms with Crippen molar-refractivity contribution in [1.29, 1.82) is 0 Å². The lowest BCUT2D eigenvalue weighted by Gasteiger charge is -2.24. The van der Waals surface area contributed by atoms with Crippen molar-refractivity contribution in [2.75, 3.05) is 32.0 Å². The molecule has 9 heteroatoms. The van der Waals surface area contributed by atoms with Gasteiger partial charge in [-0.15, -0.1) is 0 Å². The molecule has 1 unspecified atom stereocenters. The van der Waals surface area contributed by atoms with Crippen LogP contribution in [0.2, 0.25) is 0 Å². The van der Waals surface area contributed by atoms with Gasteiger partial charge in [-0.1, -0.05) is 0 Å². The molecule has 2 heterocycles. The van der Waals surface area contributed by atoms with E-state index in [4.69, 9.17) is 14.2 Å². The van der Waals surface area contributed by atoms with Crippen molar-refractivity contribution in [2.24, 2.45) is 0 Å². The summed E-state index contributed by atoms with van der Waals surface area (Å²) in [6, 6.07) is 11.7. The van der Waals surface area contributed by atoms with Crippen LogP contribution in [-0.4, -0.2) is 42.9 Å². The molecule has 0 spiro atoms. The highest BCUT2D eigenvalue weighted by molar-refractivity contribution is 6.02. The van der Waals surface area contributed by atoms with Crippen LogP contribution >= 0.6 is 0 Å². The van der Waals surface area contributed by atoms with Gasteiger partial charge in [-0.2, -0.15) is 5.10 Å². The predicted molar refractivity (Wildman–Crippen MR) is 119 cm³/mol. The summed E-state index contributed by atoms with van der Waals surface area (Å²) in [7, 11) is 4.66. The molecule has 0 saturated carbocycles. The summed E-state index contributed by atoms with van der Waals surface area (Å²) < 4.78 is 17.3. The van der Waals surface area contributed by atoms with Gasteiger partial charge in [-0.3, -0.25) is 9.59 Å². The Morgan fingerprint density at radius 1 is 1.06 bits per heavy atom. The minimum Gasteiger partial charge on any atom is -0.497 e. The quantitative estimate of drug-likeness (QED) is 0.614. The number of fused-ring (bicyclic) bond motifs is 1. The lowest BCUT2D eigenvalue weighted by atomic mass is 10.1. The molecule has 1 aliphatic rings. The van der Waals surface area contributed by atoms with Crippen molar-refractivity contribution in [3.63, 3.8) is 0 Å². The molecule has 4 rings (SSSR count). The highest BCUT2D eigenvalue weighted by atomic mass is 16.5. The van der Waals surface area contributed by atoms with E-state index in [1.54, 1.807) is 37.1 Å². The Labute approximate surface area is 185 Å². The Hall–Kier alpha value is -4.01. The Kier molecular flexibility index (Phi) is 5.72. The van der Waals surface area contributed by atoms with Gasteiger partial charge in [0.2, 0.25) is 11.8 Å². The first-order valence-electron chi connectivity index (χ1n) is 10.0. The van der Waals surface area contributed by atoms with Gasteiger partial charge in [0, 0.05) is 17.2 Å². The summed E-state index contributed by atoms with van der Waals surface area (Å²) >= 11 is 0. The zero-order valence-electron chi connectivity index (χ0n) is 18.3. The number of carbonyl (C=O) groups is 2. The highest BCUT2D eigenvalue weighted by Gasteiger charge is 2.34. The number of anilines is 2. The van der Waals surface area contributed by atoms with E-state index >= 15 is 0 Å². The van der Waals surface area contributed by atoms with E-state index in [0.717, 1.165) is 16.9 Å². The number of nitrogens with zero attached hydrogens (tertiary/aromatic N) is 2. The SMILES string of the molecule is COc1ccc(-c2nn3c(c2C)NC(=O)CC3C(=O)Nc2ccc(OC)cc2OC)cc1. The Morgan fingerprint density at radius 2 is 1.75 bits per heavy atom. The third kappa shape index (κ3) is 3.84. The first kappa shape index (κ1) is 21.2. The maximum absolute atomic E-state index is 13.2. The van der Waals surface area contributed by atoms with Crippen molar-refractivity contribution in [2.45, 2.75) is 19.4 Å². The van der Waals surface area contributed by atoms with Gasteiger partial charge >= 0.3 is 0 Å². The zero-order chi connectivity index (χ0) is 22.8. The van der Waals surface area contributed by atoms with Crippen LogP contribution in [0.3, 0.4) is 0 Å². The second kappa shape index (κ2) is 8.62. The maximum atomic E-state index is 13.2. The fraction of sp³-hybridized carbons (Fsp3) is 0.261. The van der Waals surface area contributed by atoms with E-state index in [0.29, 0.717) is 28.7 Å². The third-order valence-electron chi connectivity index (χ3n) is 5.41. The minimum atomic E-state index is -0.809. The van der Waals surface area contributed by atoms with Crippen molar-refractivity contribution in [3.8, 4) is 28.5 Å². The fourth-order valence-electron chi connectivity index (χ4n) is 3.68. The number of methoxy groups -OCH3 is 3. The molecular weight excluding hydrogens is 412 g/mol. The summed E-state index contributed by atoms with van der Waals surface area (Å²) in [5, 5.41) is 10.4. The zero-order valence-corrected chi connectivity index (χ0v) is 18.3. The van der Waals surface area contributed by atoms with E-state index in [9.17, 15) is 9.59 Å². The molecule has 2 N–H and O–H groups in total. The minimum absolute atomic E-state index is 0.0273. The lowest BCUT2D eigenvalue weighted by Crippen LogP contribution is -2.36. The third-order valence-corrected chi connectivity index (χ3v) is 5.41. The monoisotopic (exact) mass is 436 g/mol. The summed E-state index contributed by atoms with van der Waals surface area (Å²) in [5.41, 5.74) is 2.80. The Morgan fingerprint density at radius 3 is 2.41 bits per heavy atom. The molecule has 0 bridgehead atoms. The number of benzene rings is 2. The lowest BCUT2D eigenvalue weighted by molar-refractivity contribution is -0.125. The number of hydrogen-bond acceptors (Lipinski definition) is 6. The molecule has 166 valence electrons. The standard InChI is InChI=1S/C23H24N4O5/c1-13-21(14-5-7-15(30-2)8-6-14)26-27-18(12-20(28)25-22(13)27)23(29)24-17-10-9-16(31-3)11-19(17)32-4/h5-11,18H,12H2,1-4H3,(H,24,29)(H,25,28). The largest absolute Gasteiger partial charge is 0.497 e. The van der Waals surface area contributed by atoms with Crippen LogP contribution < -0.4 is 24.8 Å². The number of carbonyl (C=O) groups excluding carboxylic acids is 2. The van der Waals surface area contributed by atoms with Crippen molar-refractivity contribution in [1.82, 2.24) is 9.78 Å². The molecule has 1 aromatic heterocycles. The normalized spacial score (nSPS) is 14.9. The van der Waals surface area contributed by atoms with E-state index in [1.165, 1.54) is 7.11 Å². The molecule has 2 aromatic carbocycles. The number of aromatic nitrogens is 2. The molecule has 0 radical (unpaired) electrons. The molecule has 2 amide bonds. The summed E-state index contributed by atoms with van der Waals surface area (Å²) in [4.78, 5) is 25.6. The second-order valence-corrected chi connectivity index (χ2v) is 7.32. The molecule has 1 aliphatic heterocycles. The summed E-state index contributed by atoms with van der Waals surface area (Å²) in [6.45, 7) is 1.87. The van der Waals surface area contributed by atoms with E-state index < -0.39 is 6.04 Å². The van der Waals surface area contributed by atoms with Gasteiger partial charge in [0.25, 0.3) is 0 Å². The first-order chi connectivity index (χ1) is 15.4. The smallest absolute Gasteiger partial charge is 0.249 e. The van der Waals surface area contributed by atoms with Crippen molar-refractivity contribution in [3.05, 3.63) is 48.0 Å². The predicted octanol–water partition coefficient (Wildman–Crippen LogP) is 3.41. The Bertz CT molecular complexity index is 1170. The Balaban J connectivity index is 1.67.